The van der Waals surface area contributed by atoms with Crippen molar-refractivity contribution in [1.82, 2.24) is 0 Å². The number of sulfone groups is 1. The Hall–Kier alpha value is 0.680. The van der Waals surface area contributed by atoms with Gasteiger partial charge in [0.1, 0.15) is 0 Å². The van der Waals surface area contributed by atoms with E-state index in [4.69, 9.17) is 0 Å². The molecule has 0 amide bonds. The summed E-state index contributed by atoms with van der Waals surface area (Å²) in [6.07, 6.45) is 0.815. The lowest BCUT2D eigenvalue weighted by Crippen LogP contribution is -2.16. The Morgan fingerprint density at radius 1 is 1.56 bits per heavy atom. The van der Waals surface area contributed by atoms with Gasteiger partial charge in [0.25, 0.3) is 0 Å². The SMILES string of the molecule is C[C@]1(I)CCS(=O)(=O)C1. The monoisotopic (exact) mass is 260 g/mol. The van der Waals surface area contributed by atoms with E-state index in [0.717, 1.165) is 6.42 Å². The minimum absolute atomic E-state index is 0.0105. The predicted octanol–water partition coefficient (Wildman–Crippen LogP) is 0.999. The van der Waals surface area contributed by atoms with Gasteiger partial charge in [0.15, 0.2) is 9.84 Å². The molecule has 0 radical (unpaired) electrons. The van der Waals surface area contributed by atoms with Gasteiger partial charge in [0, 0.05) is 3.42 Å². The lowest BCUT2D eigenvalue weighted by molar-refractivity contribution is 0.601. The third-order valence-corrected chi connectivity index (χ3v) is 4.80. The van der Waals surface area contributed by atoms with Gasteiger partial charge in [-0.2, -0.15) is 0 Å². The van der Waals surface area contributed by atoms with Crippen molar-refractivity contribution in [3.8, 4) is 0 Å². The van der Waals surface area contributed by atoms with Gasteiger partial charge in [0.2, 0.25) is 0 Å². The van der Waals surface area contributed by atoms with Crippen LogP contribution >= 0.6 is 22.6 Å². The third kappa shape index (κ3) is 2.07. The van der Waals surface area contributed by atoms with Crippen molar-refractivity contribution < 1.29 is 8.42 Å². The molecule has 1 aliphatic rings. The van der Waals surface area contributed by atoms with Crippen molar-refractivity contribution in [2.24, 2.45) is 0 Å². The molecule has 2 nitrogen and oxygen atoms in total. The topological polar surface area (TPSA) is 34.1 Å². The summed E-state index contributed by atoms with van der Waals surface area (Å²) in [6.45, 7) is 1.98. The van der Waals surface area contributed by atoms with Gasteiger partial charge in [-0.1, -0.05) is 22.6 Å². The molecular formula is C5H9IO2S. The highest BCUT2D eigenvalue weighted by Crippen LogP contribution is 2.31. The summed E-state index contributed by atoms with van der Waals surface area (Å²) >= 11 is 2.21. The van der Waals surface area contributed by atoms with Crippen LogP contribution in [0, 0.1) is 0 Å². The molecule has 1 saturated heterocycles. The first-order valence-electron chi connectivity index (χ1n) is 2.81. The van der Waals surface area contributed by atoms with E-state index in [2.05, 4.69) is 22.6 Å². The number of halogens is 1. The van der Waals surface area contributed by atoms with Crippen molar-refractivity contribution in [3.63, 3.8) is 0 Å². The summed E-state index contributed by atoms with van der Waals surface area (Å²) in [5.41, 5.74) is 0. The van der Waals surface area contributed by atoms with Gasteiger partial charge in [-0.25, -0.2) is 8.42 Å². The van der Waals surface area contributed by atoms with E-state index in [9.17, 15) is 8.42 Å². The van der Waals surface area contributed by atoms with E-state index < -0.39 is 9.84 Å². The fourth-order valence-electron chi connectivity index (χ4n) is 0.971. The first-order chi connectivity index (χ1) is 3.91. The van der Waals surface area contributed by atoms with Gasteiger partial charge < -0.3 is 0 Å². The largest absolute Gasteiger partial charge is 0.229 e. The summed E-state index contributed by atoms with van der Waals surface area (Å²) in [7, 11) is -2.66. The molecule has 4 heteroatoms. The van der Waals surface area contributed by atoms with E-state index in [1.165, 1.54) is 0 Å². The summed E-state index contributed by atoms with van der Waals surface area (Å²) in [5.74, 6) is 0.743. The maximum atomic E-state index is 10.8. The van der Waals surface area contributed by atoms with Gasteiger partial charge in [-0.05, 0) is 13.3 Å². The maximum Gasteiger partial charge on any atom is 0.151 e. The number of alkyl halides is 1. The van der Waals surface area contributed by atoms with E-state index in [1.807, 2.05) is 6.92 Å². The molecule has 0 spiro atoms. The second-order valence-electron chi connectivity index (χ2n) is 2.76. The highest BCUT2D eigenvalue weighted by Gasteiger charge is 2.35. The Labute approximate surface area is 69.1 Å². The first kappa shape index (κ1) is 7.78. The van der Waals surface area contributed by atoms with Gasteiger partial charge in [0.05, 0.1) is 11.5 Å². The lowest BCUT2D eigenvalue weighted by Gasteiger charge is -2.09. The average molecular weight is 260 g/mol. The molecular weight excluding hydrogens is 251 g/mol. The van der Waals surface area contributed by atoms with Gasteiger partial charge in [-0.3, -0.25) is 0 Å². The van der Waals surface area contributed by atoms with Crippen molar-refractivity contribution >= 4 is 32.4 Å². The maximum absolute atomic E-state index is 10.8. The quantitative estimate of drug-likeness (QED) is 0.481. The Morgan fingerprint density at radius 2 is 2.11 bits per heavy atom. The predicted molar refractivity (Wildman–Crippen MR) is 45.7 cm³/mol. The molecule has 0 aromatic rings. The van der Waals surface area contributed by atoms with Crippen molar-refractivity contribution in [2.45, 2.75) is 16.8 Å². The Kier molecular flexibility index (Phi) is 1.80. The van der Waals surface area contributed by atoms with Gasteiger partial charge in [-0.15, -0.1) is 0 Å². The number of hydrogen-bond donors (Lipinski definition) is 0. The van der Waals surface area contributed by atoms with Crippen LogP contribution in [0.4, 0.5) is 0 Å². The molecule has 1 fully saturated rings. The zero-order valence-corrected chi connectivity index (χ0v) is 8.20. The van der Waals surface area contributed by atoms with E-state index in [0.29, 0.717) is 11.5 Å². The standard InChI is InChI=1S/C5H9IO2S/c1-5(6)2-3-9(7,8)4-5/h2-4H2,1H3/t5-/m0/s1. The van der Waals surface area contributed by atoms with Crippen LogP contribution in [0.3, 0.4) is 0 Å². The summed E-state index contributed by atoms with van der Waals surface area (Å²) < 4.78 is 21.7. The smallest absolute Gasteiger partial charge is 0.151 e. The molecule has 1 rings (SSSR count). The second-order valence-corrected chi connectivity index (χ2v) is 7.54. The molecule has 0 aromatic heterocycles. The van der Waals surface area contributed by atoms with E-state index in [-0.39, 0.29) is 3.42 Å². The van der Waals surface area contributed by atoms with Crippen LogP contribution in [0.15, 0.2) is 0 Å². The number of rotatable bonds is 0. The minimum atomic E-state index is -2.66. The fraction of sp³-hybridized carbons (Fsp3) is 1.00. The molecule has 0 bridgehead atoms. The van der Waals surface area contributed by atoms with Crippen LogP contribution < -0.4 is 0 Å². The van der Waals surface area contributed by atoms with Crippen LogP contribution in [0.2, 0.25) is 0 Å². The summed E-state index contributed by atoms with van der Waals surface area (Å²) in [4.78, 5) is 0. The van der Waals surface area contributed by atoms with Crippen molar-refractivity contribution in [3.05, 3.63) is 0 Å². The molecule has 0 aromatic carbocycles. The van der Waals surface area contributed by atoms with Crippen LogP contribution in [-0.2, 0) is 9.84 Å². The van der Waals surface area contributed by atoms with Crippen molar-refractivity contribution in [2.75, 3.05) is 11.5 Å². The van der Waals surface area contributed by atoms with Crippen LogP contribution in [0.5, 0.6) is 0 Å². The van der Waals surface area contributed by atoms with Crippen molar-refractivity contribution in [1.29, 1.82) is 0 Å². The second kappa shape index (κ2) is 2.08. The summed E-state index contributed by atoms with van der Waals surface area (Å²) in [5, 5.41) is 0. The van der Waals surface area contributed by atoms with Crippen LogP contribution in [0.25, 0.3) is 0 Å². The van der Waals surface area contributed by atoms with Crippen LogP contribution in [-0.4, -0.2) is 23.3 Å². The fourth-order valence-corrected chi connectivity index (χ4v) is 5.00. The molecule has 9 heavy (non-hydrogen) atoms. The molecule has 0 saturated carbocycles. The molecule has 0 aliphatic carbocycles. The highest BCUT2D eigenvalue weighted by atomic mass is 127. The third-order valence-electron chi connectivity index (χ3n) is 1.46. The molecule has 0 unspecified atom stereocenters. The zero-order chi connectivity index (χ0) is 7.12. The highest BCUT2D eigenvalue weighted by molar-refractivity contribution is 14.1. The normalized spacial score (nSPS) is 41.1. The molecule has 1 heterocycles. The van der Waals surface area contributed by atoms with E-state index in [1.54, 1.807) is 0 Å². The van der Waals surface area contributed by atoms with Gasteiger partial charge >= 0.3 is 0 Å². The minimum Gasteiger partial charge on any atom is -0.229 e. The molecule has 54 valence electrons. The molecule has 1 atom stereocenters. The molecule has 1 aliphatic heterocycles. The van der Waals surface area contributed by atoms with E-state index >= 15 is 0 Å². The Bertz CT molecular complexity index is 205. The summed E-state index contributed by atoms with van der Waals surface area (Å²) in [6, 6.07) is 0. The lowest BCUT2D eigenvalue weighted by atomic mass is 10.2. The van der Waals surface area contributed by atoms with Crippen LogP contribution in [0.1, 0.15) is 13.3 Å². The average Bonchev–Trinajstić information content (AvgIpc) is 1.78. The zero-order valence-electron chi connectivity index (χ0n) is 5.22. The first-order valence-corrected chi connectivity index (χ1v) is 5.71. The Balaban J connectivity index is 2.81. The number of hydrogen-bond acceptors (Lipinski definition) is 2. The Morgan fingerprint density at radius 3 is 2.22 bits per heavy atom. The molecule has 0 N–H and O–H groups in total.